The van der Waals surface area contributed by atoms with Crippen LogP contribution in [0.25, 0.3) is 0 Å². The topological polar surface area (TPSA) is 42.2 Å². The molecular formula is C14H23N3. The first-order valence-corrected chi connectivity index (χ1v) is 6.58. The summed E-state index contributed by atoms with van der Waals surface area (Å²) in [4.78, 5) is 6.85. The third kappa shape index (κ3) is 2.60. The Morgan fingerprint density at radius 2 is 2.18 bits per heavy atom. The summed E-state index contributed by atoms with van der Waals surface area (Å²) in [7, 11) is 2.16. The van der Waals surface area contributed by atoms with Crippen molar-refractivity contribution in [1.29, 1.82) is 0 Å². The lowest BCUT2D eigenvalue weighted by Gasteiger charge is -2.38. The van der Waals surface area contributed by atoms with Crippen molar-refractivity contribution >= 4 is 5.82 Å². The van der Waals surface area contributed by atoms with Crippen LogP contribution in [0.5, 0.6) is 0 Å². The van der Waals surface area contributed by atoms with Gasteiger partial charge in [-0.1, -0.05) is 18.9 Å². The smallest absolute Gasteiger partial charge is 0.131 e. The summed E-state index contributed by atoms with van der Waals surface area (Å²) in [5, 5.41) is 0. The van der Waals surface area contributed by atoms with Crippen molar-refractivity contribution in [1.82, 2.24) is 4.98 Å². The van der Waals surface area contributed by atoms with E-state index in [1.54, 1.807) is 0 Å². The molecule has 2 N–H and O–H groups in total. The Labute approximate surface area is 104 Å². The summed E-state index contributed by atoms with van der Waals surface area (Å²) in [6, 6.07) is 4.68. The van der Waals surface area contributed by atoms with Gasteiger partial charge in [-0.15, -0.1) is 0 Å². The van der Waals surface area contributed by atoms with E-state index in [2.05, 4.69) is 29.9 Å². The van der Waals surface area contributed by atoms with E-state index in [1.807, 2.05) is 12.3 Å². The molecule has 2 rings (SSSR count). The van der Waals surface area contributed by atoms with Crippen molar-refractivity contribution < 1.29 is 0 Å². The molecule has 0 amide bonds. The van der Waals surface area contributed by atoms with E-state index in [1.165, 1.54) is 31.2 Å². The van der Waals surface area contributed by atoms with Gasteiger partial charge in [0.25, 0.3) is 0 Å². The lowest BCUT2D eigenvalue weighted by Crippen LogP contribution is -2.43. The molecule has 1 saturated carbocycles. The maximum atomic E-state index is 5.90. The number of nitrogens with two attached hydrogens (primary N) is 1. The van der Waals surface area contributed by atoms with Crippen molar-refractivity contribution in [3.05, 3.63) is 23.9 Å². The van der Waals surface area contributed by atoms with Crippen LogP contribution in [0.15, 0.2) is 18.3 Å². The molecule has 1 fully saturated rings. The minimum absolute atomic E-state index is 0.558. The van der Waals surface area contributed by atoms with Crippen LogP contribution in [-0.2, 0) is 0 Å². The molecule has 0 aliphatic heterocycles. The van der Waals surface area contributed by atoms with Crippen LogP contribution in [-0.4, -0.2) is 24.6 Å². The van der Waals surface area contributed by atoms with Crippen LogP contribution in [0.2, 0.25) is 0 Å². The predicted molar refractivity (Wildman–Crippen MR) is 72.2 cm³/mol. The zero-order chi connectivity index (χ0) is 12.3. The van der Waals surface area contributed by atoms with Crippen LogP contribution in [0.4, 0.5) is 5.82 Å². The Morgan fingerprint density at radius 3 is 2.88 bits per heavy atom. The van der Waals surface area contributed by atoms with Crippen molar-refractivity contribution in [2.24, 2.45) is 11.7 Å². The molecule has 2 unspecified atom stereocenters. The Balaban J connectivity index is 2.18. The quantitative estimate of drug-likeness (QED) is 0.871. The number of aromatic nitrogens is 1. The van der Waals surface area contributed by atoms with E-state index in [-0.39, 0.29) is 0 Å². The molecule has 0 bridgehead atoms. The zero-order valence-electron chi connectivity index (χ0n) is 10.9. The van der Waals surface area contributed by atoms with Crippen LogP contribution in [0.3, 0.4) is 0 Å². The third-order valence-corrected chi connectivity index (χ3v) is 3.99. The summed E-state index contributed by atoms with van der Waals surface area (Å²) in [5.74, 6) is 1.73. The number of hydrogen-bond donors (Lipinski definition) is 1. The number of nitrogens with zero attached hydrogens (tertiary/aromatic N) is 2. The molecule has 1 aliphatic carbocycles. The number of rotatable bonds is 3. The molecule has 3 heteroatoms. The van der Waals surface area contributed by atoms with E-state index in [0.29, 0.717) is 12.0 Å². The average Bonchev–Trinajstić information content (AvgIpc) is 2.38. The van der Waals surface area contributed by atoms with Gasteiger partial charge in [0.05, 0.1) is 0 Å². The number of hydrogen-bond acceptors (Lipinski definition) is 3. The van der Waals surface area contributed by atoms with Gasteiger partial charge in [-0.3, -0.25) is 0 Å². The minimum atomic E-state index is 0.558. The number of pyridine rings is 1. The monoisotopic (exact) mass is 233 g/mol. The highest BCUT2D eigenvalue weighted by Crippen LogP contribution is 2.30. The van der Waals surface area contributed by atoms with Gasteiger partial charge < -0.3 is 10.6 Å². The molecule has 94 valence electrons. The number of aryl methyl sites for hydroxylation is 1. The lowest BCUT2D eigenvalue weighted by molar-refractivity contribution is 0.305. The maximum absolute atomic E-state index is 5.90. The molecule has 2 atom stereocenters. The van der Waals surface area contributed by atoms with E-state index in [9.17, 15) is 0 Å². The highest BCUT2D eigenvalue weighted by atomic mass is 15.2. The second-order valence-electron chi connectivity index (χ2n) is 5.10. The lowest BCUT2D eigenvalue weighted by atomic mass is 9.83. The van der Waals surface area contributed by atoms with E-state index in [0.717, 1.165) is 12.4 Å². The van der Waals surface area contributed by atoms with Crippen LogP contribution in [0, 0.1) is 12.8 Å². The predicted octanol–water partition coefficient (Wildman–Crippen LogP) is 2.34. The van der Waals surface area contributed by atoms with Gasteiger partial charge in [0.1, 0.15) is 5.82 Å². The summed E-state index contributed by atoms with van der Waals surface area (Å²) >= 11 is 0. The highest BCUT2D eigenvalue weighted by molar-refractivity contribution is 5.46. The van der Waals surface area contributed by atoms with Crippen LogP contribution < -0.4 is 10.6 Å². The minimum Gasteiger partial charge on any atom is -0.356 e. The summed E-state index contributed by atoms with van der Waals surface area (Å²) < 4.78 is 0. The van der Waals surface area contributed by atoms with Gasteiger partial charge in [-0.25, -0.2) is 4.98 Å². The first-order chi connectivity index (χ1) is 8.24. The summed E-state index contributed by atoms with van der Waals surface area (Å²) in [6.07, 6.45) is 7.02. The van der Waals surface area contributed by atoms with Gasteiger partial charge in [0.15, 0.2) is 0 Å². The molecule has 17 heavy (non-hydrogen) atoms. The zero-order valence-corrected chi connectivity index (χ0v) is 10.9. The summed E-state index contributed by atoms with van der Waals surface area (Å²) in [5.41, 5.74) is 7.15. The van der Waals surface area contributed by atoms with Crippen molar-refractivity contribution in [3.8, 4) is 0 Å². The highest BCUT2D eigenvalue weighted by Gasteiger charge is 2.28. The van der Waals surface area contributed by atoms with E-state index >= 15 is 0 Å². The van der Waals surface area contributed by atoms with Crippen LogP contribution >= 0.6 is 0 Å². The molecule has 0 radical (unpaired) electrons. The normalized spacial score (nSPS) is 24.6. The molecule has 0 aromatic carbocycles. The van der Waals surface area contributed by atoms with Crippen molar-refractivity contribution in [2.75, 3.05) is 18.5 Å². The first kappa shape index (κ1) is 12.4. The molecular weight excluding hydrogens is 210 g/mol. The molecule has 0 saturated heterocycles. The Morgan fingerprint density at radius 1 is 1.41 bits per heavy atom. The average molecular weight is 233 g/mol. The standard InChI is InChI=1S/C14H23N3/c1-11-6-5-9-16-14(11)17(2)13-8-4-3-7-12(13)10-15/h5-6,9,12-13H,3-4,7-8,10,15H2,1-2H3. The van der Waals surface area contributed by atoms with Crippen LogP contribution in [0.1, 0.15) is 31.2 Å². The largest absolute Gasteiger partial charge is 0.356 e. The molecule has 3 nitrogen and oxygen atoms in total. The molecule has 1 aromatic heterocycles. The fourth-order valence-corrected chi connectivity index (χ4v) is 2.98. The van der Waals surface area contributed by atoms with Gasteiger partial charge in [-0.2, -0.15) is 0 Å². The summed E-state index contributed by atoms with van der Waals surface area (Å²) in [6.45, 7) is 2.92. The van der Waals surface area contributed by atoms with Gasteiger partial charge in [-0.05, 0) is 43.9 Å². The first-order valence-electron chi connectivity index (χ1n) is 6.58. The third-order valence-electron chi connectivity index (χ3n) is 3.99. The van der Waals surface area contributed by atoms with Gasteiger partial charge in [0.2, 0.25) is 0 Å². The Kier molecular flexibility index (Phi) is 4.00. The van der Waals surface area contributed by atoms with Gasteiger partial charge >= 0.3 is 0 Å². The SMILES string of the molecule is Cc1cccnc1N(C)C1CCCCC1CN. The second kappa shape index (κ2) is 5.50. The fraction of sp³-hybridized carbons (Fsp3) is 0.643. The molecule has 1 heterocycles. The maximum Gasteiger partial charge on any atom is 0.131 e. The second-order valence-corrected chi connectivity index (χ2v) is 5.10. The molecule has 1 aromatic rings. The van der Waals surface area contributed by atoms with E-state index < -0.39 is 0 Å². The van der Waals surface area contributed by atoms with E-state index in [4.69, 9.17) is 5.73 Å². The number of anilines is 1. The Hall–Kier alpha value is -1.09. The molecule has 1 aliphatic rings. The van der Waals surface area contributed by atoms with Crippen molar-refractivity contribution in [3.63, 3.8) is 0 Å². The van der Waals surface area contributed by atoms with Gasteiger partial charge in [0, 0.05) is 19.3 Å². The Bertz CT molecular complexity index is 364. The molecule has 0 spiro atoms. The van der Waals surface area contributed by atoms with Crippen molar-refractivity contribution in [2.45, 2.75) is 38.6 Å². The fourth-order valence-electron chi connectivity index (χ4n) is 2.98.